The van der Waals surface area contributed by atoms with E-state index in [-0.39, 0.29) is 0 Å². The van der Waals surface area contributed by atoms with Gasteiger partial charge in [0.15, 0.2) is 0 Å². The first kappa shape index (κ1) is 12.4. The molecule has 0 nitrogen and oxygen atoms in total. The van der Waals surface area contributed by atoms with Crippen molar-refractivity contribution in [2.45, 2.75) is 60.8 Å². The highest BCUT2D eigenvalue weighted by atomic mass is 14.3. The fraction of sp³-hybridized carbons (Fsp3) is 0.529. The topological polar surface area (TPSA) is 0 Å². The first-order valence-corrected chi connectivity index (χ1v) is 6.62. The lowest BCUT2D eigenvalue weighted by atomic mass is 9.96. The summed E-state index contributed by atoms with van der Waals surface area (Å²) in [4.78, 5) is 0. The molecule has 0 aromatic heterocycles. The van der Waals surface area contributed by atoms with E-state index < -0.39 is 0 Å². The molecule has 2 aliphatic carbocycles. The van der Waals surface area contributed by atoms with Crippen molar-refractivity contribution in [1.82, 2.24) is 0 Å². The summed E-state index contributed by atoms with van der Waals surface area (Å²) < 4.78 is 0. The van der Waals surface area contributed by atoms with Crippen LogP contribution >= 0.6 is 0 Å². The molecule has 0 saturated carbocycles. The number of allylic oxidation sites excluding steroid dienone is 8. The van der Waals surface area contributed by atoms with E-state index in [9.17, 15) is 0 Å². The van der Waals surface area contributed by atoms with Gasteiger partial charge in [0.25, 0.3) is 0 Å². The highest BCUT2D eigenvalue weighted by Gasteiger charge is 2.20. The second-order valence-electron chi connectivity index (χ2n) is 5.80. The summed E-state index contributed by atoms with van der Waals surface area (Å²) in [5, 5.41) is 0. The van der Waals surface area contributed by atoms with Crippen molar-refractivity contribution in [2.24, 2.45) is 0 Å². The zero-order valence-corrected chi connectivity index (χ0v) is 12.1. The molecule has 17 heavy (non-hydrogen) atoms. The molecule has 0 heterocycles. The predicted molar refractivity (Wildman–Crippen MR) is 76.0 cm³/mol. The lowest BCUT2D eigenvalue weighted by Crippen LogP contribution is -1.90. The van der Waals surface area contributed by atoms with E-state index in [1.807, 2.05) is 0 Å². The Morgan fingerprint density at radius 3 is 1.18 bits per heavy atom. The van der Waals surface area contributed by atoms with E-state index >= 15 is 0 Å². The van der Waals surface area contributed by atoms with E-state index in [1.54, 1.807) is 33.4 Å². The molecule has 0 heteroatoms. The molecule has 0 unspecified atom stereocenters. The number of hydrogen-bond donors (Lipinski definition) is 0. The quantitative estimate of drug-likeness (QED) is 0.586. The summed E-state index contributed by atoms with van der Waals surface area (Å²) in [7, 11) is 0. The van der Waals surface area contributed by atoms with Gasteiger partial charge >= 0.3 is 0 Å². The molecule has 0 aromatic carbocycles. The van der Waals surface area contributed by atoms with E-state index in [4.69, 9.17) is 0 Å². The zero-order valence-electron chi connectivity index (χ0n) is 12.1. The maximum atomic E-state index is 2.29. The van der Waals surface area contributed by atoms with Crippen LogP contribution in [-0.4, -0.2) is 0 Å². The summed E-state index contributed by atoms with van der Waals surface area (Å²) in [6.45, 7) is 13.7. The Bertz CT molecular complexity index is 444. The molecule has 92 valence electrons. The van der Waals surface area contributed by atoms with Gasteiger partial charge in [0.1, 0.15) is 0 Å². The molecule has 2 rings (SSSR count). The molecular weight excluding hydrogens is 204 g/mol. The van der Waals surface area contributed by atoms with Crippen LogP contribution in [0, 0.1) is 0 Å². The summed E-state index contributed by atoms with van der Waals surface area (Å²) in [6.07, 6.45) is 3.60. The first-order chi connectivity index (χ1) is 7.91. The Kier molecular flexibility index (Phi) is 3.16. The molecule has 0 aliphatic heterocycles. The standard InChI is InChI=1S/C17H24/c1-10-7-16(14(5)12(10)3)9-17-8-11(2)13(4)15(17)6/h7-9H2,1-6H3. The van der Waals surface area contributed by atoms with Crippen LogP contribution in [0.1, 0.15) is 60.8 Å². The van der Waals surface area contributed by atoms with E-state index in [0.717, 1.165) is 0 Å². The van der Waals surface area contributed by atoms with Gasteiger partial charge in [0.05, 0.1) is 0 Å². The van der Waals surface area contributed by atoms with Gasteiger partial charge in [-0.25, -0.2) is 0 Å². The summed E-state index contributed by atoms with van der Waals surface area (Å²) in [5.74, 6) is 0. The van der Waals surface area contributed by atoms with Crippen molar-refractivity contribution in [3.63, 3.8) is 0 Å². The largest absolute Gasteiger partial charge is 0.0661 e. The molecule has 0 atom stereocenters. The van der Waals surface area contributed by atoms with Crippen molar-refractivity contribution in [2.75, 3.05) is 0 Å². The van der Waals surface area contributed by atoms with Crippen molar-refractivity contribution in [3.8, 4) is 0 Å². The first-order valence-electron chi connectivity index (χ1n) is 6.62. The third kappa shape index (κ3) is 2.06. The molecule has 2 aliphatic rings. The van der Waals surface area contributed by atoms with Gasteiger partial charge in [-0.05, 0) is 83.1 Å². The van der Waals surface area contributed by atoms with Crippen LogP contribution in [0.3, 0.4) is 0 Å². The SMILES string of the molecule is CC1=C(C)C(C)=C(CC2=C(C)C(C)=C(C)C2)C1. The van der Waals surface area contributed by atoms with Gasteiger partial charge in [0.2, 0.25) is 0 Å². The average Bonchev–Trinajstić information content (AvgIpc) is 2.66. The molecule has 0 saturated heterocycles. The van der Waals surface area contributed by atoms with Gasteiger partial charge in [0, 0.05) is 0 Å². The third-order valence-corrected chi connectivity index (χ3v) is 4.85. The minimum absolute atomic E-state index is 1.20. The van der Waals surface area contributed by atoms with E-state index in [1.165, 1.54) is 30.4 Å². The van der Waals surface area contributed by atoms with Crippen LogP contribution in [0.5, 0.6) is 0 Å². The smallest absolute Gasteiger partial charge is 0.00904 e. The minimum atomic E-state index is 1.20. The molecule has 0 spiro atoms. The van der Waals surface area contributed by atoms with Gasteiger partial charge in [-0.2, -0.15) is 0 Å². The Morgan fingerprint density at radius 1 is 0.588 bits per heavy atom. The number of rotatable bonds is 2. The fourth-order valence-electron chi connectivity index (χ4n) is 2.99. The monoisotopic (exact) mass is 228 g/mol. The van der Waals surface area contributed by atoms with Crippen LogP contribution in [0.4, 0.5) is 0 Å². The third-order valence-electron chi connectivity index (χ3n) is 4.85. The summed E-state index contributed by atoms with van der Waals surface area (Å²) >= 11 is 0. The Morgan fingerprint density at radius 2 is 0.941 bits per heavy atom. The molecule has 0 amide bonds. The lowest BCUT2D eigenvalue weighted by molar-refractivity contribution is 0.965. The van der Waals surface area contributed by atoms with E-state index in [2.05, 4.69) is 41.5 Å². The molecule has 0 bridgehead atoms. The average molecular weight is 228 g/mol. The highest BCUT2D eigenvalue weighted by Crippen LogP contribution is 2.40. The van der Waals surface area contributed by atoms with Crippen LogP contribution in [0.25, 0.3) is 0 Å². The fourth-order valence-corrected chi connectivity index (χ4v) is 2.99. The maximum absolute atomic E-state index is 2.29. The van der Waals surface area contributed by atoms with Crippen LogP contribution in [0.2, 0.25) is 0 Å². The molecular formula is C17H24. The second-order valence-corrected chi connectivity index (χ2v) is 5.80. The molecule has 0 N–H and O–H groups in total. The normalized spacial score (nSPS) is 21.5. The molecule has 0 aromatic rings. The van der Waals surface area contributed by atoms with Crippen LogP contribution < -0.4 is 0 Å². The van der Waals surface area contributed by atoms with Gasteiger partial charge in [-0.15, -0.1) is 0 Å². The predicted octanol–water partition coefficient (Wildman–Crippen LogP) is 5.49. The van der Waals surface area contributed by atoms with Crippen LogP contribution in [-0.2, 0) is 0 Å². The zero-order chi connectivity index (χ0) is 12.7. The van der Waals surface area contributed by atoms with Gasteiger partial charge < -0.3 is 0 Å². The Labute approximate surface area is 106 Å². The van der Waals surface area contributed by atoms with Crippen molar-refractivity contribution >= 4 is 0 Å². The maximum Gasteiger partial charge on any atom is -0.00904 e. The van der Waals surface area contributed by atoms with Crippen LogP contribution in [0.15, 0.2) is 44.6 Å². The number of hydrogen-bond acceptors (Lipinski definition) is 0. The Hall–Kier alpha value is -1.04. The molecule has 0 fully saturated rings. The van der Waals surface area contributed by atoms with Crippen molar-refractivity contribution in [3.05, 3.63) is 44.6 Å². The Balaban J connectivity index is 2.18. The summed E-state index contributed by atoms with van der Waals surface area (Å²) in [6, 6.07) is 0. The van der Waals surface area contributed by atoms with Gasteiger partial charge in [-0.3, -0.25) is 0 Å². The van der Waals surface area contributed by atoms with Gasteiger partial charge in [-0.1, -0.05) is 22.3 Å². The second kappa shape index (κ2) is 4.33. The lowest BCUT2D eigenvalue weighted by Gasteiger charge is -2.09. The van der Waals surface area contributed by atoms with Crippen molar-refractivity contribution in [1.29, 1.82) is 0 Å². The minimum Gasteiger partial charge on any atom is -0.0661 e. The van der Waals surface area contributed by atoms with Crippen molar-refractivity contribution < 1.29 is 0 Å². The highest BCUT2D eigenvalue weighted by molar-refractivity contribution is 5.50. The van der Waals surface area contributed by atoms with E-state index in [0.29, 0.717) is 0 Å². The summed E-state index contributed by atoms with van der Waals surface area (Å²) in [5.41, 5.74) is 12.6. The molecule has 0 radical (unpaired) electrons.